The van der Waals surface area contributed by atoms with E-state index in [4.69, 9.17) is 4.74 Å². The highest BCUT2D eigenvalue weighted by Crippen LogP contribution is 2.39. The van der Waals surface area contributed by atoms with Crippen LogP contribution in [0.3, 0.4) is 0 Å². The maximum absolute atomic E-state index is 13.6. The molecule has 3 aromatic rings. The second-order valence-electron chi connectivity index (χ2n) is 8.44. The predicted octanol–water partition coefficient (Wildman–Crippen LogP) is 4.10. The SMILES string of the molecule is CC(C)OC(=O)c1ccc(CC2C(O)c3ccccc3S(=O)(=O)N2Cc2ccccc2)cc1. The molecule has 33 heavy (non-hydrogen) atoms. The van der Waals surface area contributed by atoms with E-state index in [1.807, 2.05) is 30.3 Å². The maximum atomic E-state index is 13.6. The number of hydrogen-bond acceptors (Lipinski definition) is 5. The lowest BCUT2D eigenvalue weighted by Crippen LogP contribution is -2.48. The van der Waals surface area contributed by atoms with Crippen molar-refractivity contribution in [2.45, 2.75) is 50.0 Å². The van der Waals surface area contributed by atoms with Crippen LogP contribution in [0.25, 0.3) is 0 Å². The van der Waals surface area contributed by atoms with Gasteiger partial charge in [0.15, 0.2) is 0 Å². The average molecular weight is 466 g/mol. The van der Waals surface area contributed by atoms with Gasteiger partial charge in [-0.25, -0.2) is 13.2 Å². The smallest absolute Gasteiger partial charge is 0.338 e. The van der Waals surface area contributed by atoms with Gasteiger partial charge >= 0.3 is 5.97 Å². The van der Waals surface area contributed by atoms with Gasteiger partial charge in [-0.15, -0.1) is 0 Å². The third-order valence-corrected chi connectivity index (χ3v) is 7.66. The van der Waals surface area contributed by atoms with Gasteiger partial charge in [-0.05, 0) is 49.6 Å². The summed E-state index contributed by atoms with van der Waals surface area (Å²) >= 11 is 0. The highest BCUT2D eigenvalue weighted by atomic mass is 32.2. The maximum Gasteiger partial charge on any atom is 0.338 e. The Morgan fingerprint density at radius 2 is 1.58 bits per heavy atom. The zero-order valence-electron chi connectivity index (χ0n) is 18.6. The Kier molecular flexibility index (Phi) is 6.65. The summed E-state index contributed by atoms with van der Waals surface area (Å²) in [6, 6.07) is 22.1. The van der Waals surface area contributed by atoms with Gasteiger partial charge in [0.05, 0.1) is 28.7 Å². The molecule has 1 heterocycles. The Balaban J connectivity index is 1.67. The van der Waals surface area contributed by atoms with E-state index in [0.29, 0.717) is 17.5 Å². The minimum atomic E-state index is -3.82. The molecule has 0 aromatic heterocycles. The molecule has 0 fully saturated rings. The van der Waals surface area contributed by atoms with Crippen molar-refractivity contribution < 1.29 is 23.1 Å². The molecule has 0 amide bonds. The van der Waals surface area contributed by atoms with Crippen molar-refractivity contribution in [3.63, 3.8) is 0 Å². The van der Waals surface area contributed by atoms with Gasteiger partial charge in [-0.2, -0.15) is 4.31 Å². The van der Waals surface area contributed by atoms with Crippen molar-refractivity contribution in [3.05, 3.63) is 101 Å². The molecule has 1 aliphatic rings. The van der Waals surface area contributed by atoms with Crippen molar-refractivity contribution in [1.29, 1.82) is 0 Å². The van der Waals surface area contributed by atoms with E-state index in [1.54, 1.807) is 56.3 Å². The summed E-state index contributed by atoms with van der Waals surface area (Å²) < 4.78 is 33.7. The molecule has 0 radical (unpaired) electrons. The second-order valence-corrected chi connectivity index (χ2v) is 10.3. The monoisotopic (exact) mass is 465 g/mol. The molecule has 1 aliphatic heterocycles. The Hall–Kier alpha value is -3.00. The Labute approximate surface area is 194 Å². The molecule has 0 spiro atoms. The first-order chi connectivity index (χ1) is 15.8. The highest BCUT2D eigenvalue weighted by molar-refractivity contribution is 7.89. The third-order valence-electron chi connectivity index (χ3n) is 5.72. The van der Waals surface area contributed by atoms with Crippen LogP contribution in [0.2, 0.25) is 0 Å². The fourth-order valence-corrected chi connectivity index (χ4v) is 5.96. The standard InChI is InChI=1S/C26H27NO5S/c1-18(2)32-26(29)21-14-12-19(13-15-21)16-23-25(28)22-10-6-7-11-24(22)33(30,31)27(23)17-20-8-4-3-5-9-20/h3-15,18,23,25,28H,16-17H2,1-2H3. The van der Waals surface area contributed by atoms with Gasteiger partial charge in [-0.3, -0.25) is 0 Å². The molecule has 2 atom stereocenters. The van der Waals surface area contributed by atoms with Crippen LogP contribution in [0.1, 0.15) is 47.0 Å². The largest absolute Gasteiger partial charge is 0.459 e. The summed E-state index contributed by atoms with van der Waals surface area (Å²) in [6.45, 7) is 3.73. The lowest BCUT2D eigenvalue weighted by Gasteiger charge is -2.39. The topological polar surface area (TPSA) is 83.9 Å². The van der Waals surface area contributed by atoms with Gasteiger partial charge in [0.1, 0.15) is 0 Å². The number of hydrogen-bond donors (Lipinski definition) is 1. The number of carbonyl (C=O) groups excluding carboxylic acids is 1. The van der Waals surface area contributed by atoms with Crippen molar-refractivity contribution in [2.75, 3.05) is 0 Å². The van der Waals surface area contributed by atoms with E-state index in [0.717, 1.165) is 11.1 Å². The van der Waals surface area contributed by atoms with Crippen LogP contribution in [-0.2, 0) is 27.7 Å². The van der Waals surface area contributed by atoms with Gasteiger partial charge in [0.25, 0.3) is 0 Å². The van der Waals surface area contributed by atoms with Crippen molar-refractivity contribution >= 4 is 16.0 Å². The first-order valence-electron chi connectivity index (χ1n) is 10.9. The molecular weight excluding hydrogens is 438 g/mol. The van der Waals surface area contributed by atoms with Crippen LogP contribution in [0, 0.1) is 0 Å². The van der Waals surface area contributed by atoms with Gasteiger partial charge in [-0.1, -0.05) is 60.7 Å². The lowest BCUT2D eigenvalue weighted by atomic mass is 9.95. The number of benzene rings is 3. The number of esters is 1. The number of carbonyl (C=O) groups is 1. The molecule has 1 N–H and O–H groups in total. The summed E-state index contributed by atoms with van der Waals surface area (Å²) in [7, 11) is -3.82. The number of rotatable bonds is 6. The van der Waals surface area contributed by atoms with Gasteiger partial charge in [0, 0.05) is 12.1 Å². The molecule has 0 saturated heterocycles. The van der Waals surface area contributed by atoms with Crippen molar-refractivity contribution in [3.8, 4) is 0 Å². The fraction of sp³-hybridized carbons (Fsp3) is 0.269. The van der Waals surface area contributed by atoms with Crippen LogP contribution < -0.4 is 0 Å². The van der Waals surface area contributed by atoms with Gasteiger partial charge in [0.2, 0.25) is 10.0 Å². The number of fused-ring (bicyclic) bond motifs is 1. The normalized spacial score (nSPS) is 19.8. The molecule has 7 heteroatoms. The molecule has 172 valence electrons. The minimum absolute atomic E-state index is 0.136. The van der Waals surface area contributed by atoms with Crippen LogP contribution in [0.15, 0.2) is 83.8 Å². The molecule has 4 rings (SSSR count). The number of aliphatic hydroxyl groups is 1. The van der Waals surface area contributed by atoms with E-state index < -0.39 is 28.1 Å². The zero-order valence-corrected chi connectivity index (χ0v) is 19.4. The summed E-state index contributed by atoms with van der Waals surface area (Å²) in [6.07, 6.45) is -0.911. The molecule has 0 aliphatic carbocycles. The highest BCUT2D eigenvalue weighted by Gasteiger charge is 2.43. The predicted molar refractivity (Wildman–Crippen MR) is 125 cm³/mol. The third kappa shape index (κ3) is 4.85. The van der Waals surface area contributed by atoms with E-state index >= 15 is 0 Å². The van der Waals surface area contributed by atoms with E-state index in [1.165, 1.54) is 10.4 Å². The molecule has 2 unspecified atom stereocenters. The summed E-state index contributed by atoms with van der Waals surface area (Å²) in [5.41, 5.74) is 2.48. The van der Waals surface area contributed by atoms with Crippen LogP contribution >= 0.6 is 0 Å². The van der Waals surface area contributed by atoms with Crippen molar-refractivity contribution in [1.82, 2.24) is 4.31 Å². The minimum Gasteiger partial charge on any atom is -0.459 e. The second kappa shape index (κ2) is 9.47. The Morgan fingerprint density at radius 3 is 2.24 bits per heavy atom. The van der Waals surface area contributed by atoms with Gasteiger partial charge < -0.3 is 9.84 Å². The molecule has 0 bridgehead atoms. The zero-order chi connectivity index (χ0) is 23.6. The quantitative estimate of drug-likeness (QED) is 0.554. The summed E-state index contributed by atoms with van der Waals surface area (Å²) in [5.74, 6) is -0.406. The molecule has 6 nitrogen and oxygen atoms in total. The number of ether oxygens (including phenoxy) is 1. The number of sulfonamides is 1. The van der Waals surface area contributed by atoms with E-state index in [9.17, 15) is 18.3 Å². The first-order valence-corrected chi connectivity index (χ1v) is 12.3. The van der Waals surface area contributed by atoms with E-state index in [-0.39, 0.29) is 17.5 Å². The lowest BCUT2D eigenvalue weighted by molar-refractivity contribution is 0.0378. The number of nitrogens with zero attached hydrogens (tertiary/aromatic N) is 1. The summed E-state index contributed by atoms with van der Waals surface area (Å²) in [5, 5.41) is 11.2. The van der Waals surface area contributed by atoms with E-state index in [2.05, 4.69) is 0 Å². The summed E-state index contributed by atoms with van der Waals surface area (Å²) in [4.78, 5) is 12.3. The van der Waals surface area contributed by atoms with Crippen LogP contribution in [0.5, 0.6) is 0 Å². The van der Waals surface area contributed by atoms with Crippen LogP contribution in [-0.4, -0.2) is 35.9 Å². The average Bonchev–Trinajstić information content (AvgIpc) is 2.80. The molecule has 3 aromatic carbocycles. The fourth-order valence-electron chi connectivity index (χ4n) is 4.11. The van der Waals surface area contributed by atoms with Crippen molar-refractivity contribution in [2.24, 2.45) is 0 Å². The van der Waals surface area contributed by atoms with Crippen LogP contribution in [0.4, 0.5) is 0 Å². The Morgan fingerprint density at radius 1 is 0.939 bits per heavy atom. The molecule has 0 saturated carbocycles. The number of aliphatic hydroxyl groups excluding tert-OH is 1. The molecular formula is C26H27NO5S. The Bertz CT molecular complexity index is 1220. The first kappa shape index (κ1) is 23.2.